The molecule has 0 atom stereocenters. The summed E-state index contributed by atoms with van der Waals surface area (Å²) in [4.78, 5) is 23.8. The molecule has 0 spiro atoms. The third kappa shape index (κ3) is 4.62. The Morgan fingerprint density at radius 3 is 2.70 bits per heavy atom. The first-order chi connectivity index (χ1) is 14.6. The number of rotatable bonds is 7. The lowest BCUT2D eigenvalue weighted by Crippen LogP contribution is -2.29. The van der Waals surface area contributed by atoms with Crippen molar-refractivity contribution < 1.29 is 4.92 Å². The highest BCUT2D eigenvalue weighted by atomic mass is 16.6. The van der Waals surface area contributed by atoms with Crippen LogP contribution in [-0.4, -0.2) is 32.5 Å². The highest BCUT2D eigenvalue weighted by molar-refractivity contribution is 5.82. The van der Waals surface area contributed by atoms with Gasteiger partial charge in [0.1, 0.15) is 6.20 Å². The molecular weight excluding hydrogens is 382 g/mol. The molecule has 9 heteroatoms. The van der Waals surface area contributed by atoms with Crippen LogP contribution < -0.4 is 16.4 Å². The van der Waals surface area contributed by atoms with Crippen LogP contribution in [0.5, 0.6) is 0 Å². The van der Waals surface area contributed by atoms with Gasteiger partial charge in [-0.25, -0.2) is 4.98 Å². The third-order valence-corrected chi connectivity index (χ3v) is 5.59. The first kappa shape index (κ1) is 20.0. The molecular formula is C21H25N7O2. The molecule has 0 bridgehead atoms. The molecule has 2 aromatic heterocycles. The number of nitrogens with one attached hydrogen (secondary N) is 2. The van der Waals surface area contributed by atoms with E-state index < -0.39 is 4.92 Å². The summed E-state index contributed by atoms with van der Waals surface area (Å²) in [5.74, 6) is 1.03. The van der Waals surface area contributed by atoms with Gasteiger partial charge in [-0.2, -0.15) is 4.98 Å². The normalized spacial score (nSPS) is 18.8. The van der Waals surface area contributed by atoms with Gasteiger partial charge in [-0.1, -0.05) is 18.2 Å². The van der Waals surface area contributed by atoms with Crippen LogP contribution in [0.4, 0.5) is 17.5 Å². The van der Waals surface area contributed by atoms with E-state index in [1.54, 1.807) is 6.20 Å². The van der Waals surface area contributed by atoms with Gasteiger partial charge in [-0.15, -0.1) is 0 Å². The fourth-order valence-electron chi connectivity index (χ4n) is 3.84. The van der Waals surface area contributed by atoms with Crippen LogP contribution in [0.25, 0.3) is 10.9 Å². The lowest BCUT2D eigenvalue weighted by Gasteiger charge is -2.26. The van der Waals surface area contributed by atoms with Crippen molar-refractivity contribution >= 4 is 28.4 Å². The van der Waals surface area contributed by atoms with Crippen molar-refractivity contribution in [1.82, 2.24) is 15.0 Å². The van der Waals surface area contributed by atoms with E-state index in [0.717, 1.165) is 42.1 Å². The summed E-state index contributed by atoms with van der Waals surface area (Å²) in [7, 11) is 0. The Labute approximate surface area is 174 Å². The molecule has 156 valence electrons. The predicted molar refractivity (Wildman–Crippen MR) is 116 cm³/mol. The van der Waals surface area contributed by atoms with Crippen molar-refractivity contribution in [3.05, 3.63) is 58.4 Å². The summed E-state index contributed by atoms with van der Waals surface area (Å²) in [5, 5.41) is 18.8. The van der Waals surface area contributed by atoms with E-state index in [1.807, 2.05) is 30.3 Å². The van der Waals surface area contributed by atoms with Gasteiger partial charge in [0.2, 0.25) is 11.8 Å². The molecule has 1 fully saturated rings. The number of hydrogen-bond donors (Lipinski definition) is 3. The van der Waals surface area contributed by atoms with Gasteiger partial charge in [0.15, 0.2) is 0 Å². The summed E-state index contributed by atoms with van der Waals surface area (Å²) < 4.78 is 0. The lowest BCUT2D eigenvalue weighted by atomic mass is 9.86. The van der Waals surface area contributed by atoms with Crippen LogP contribution in [0.2, 0.25) is 0 Å². The molecule has 0 saturated heterocycles. The van der Waals surface area contributed by atoms with E-state index in [2.05, 4.69) is 25.6 Å². The number of anilines is 2. The number of aromatic nitrogens is 3. The first-order valence-electron chi connectivity index (χ1n) is 10.2. The van der Waals surface area contributed by atoms with E-state index in [0.29, 0.717) is 25.0 Å². The van der Waals surface area contributed by atoms with Crippen LogP contribution in [0.15, 0.2) is 42.7 Å². The van der Waals surface area contributed by atoms with E-state index in [9.17, 15) is 10.1 Å². The van der Waals surface area contributed by atoms with Crippen molar-refractivity contribution in [3.8, 4) is 0 Å². The average Bonchev–Trinajstić information content (AvgIpc) is 2.77. The van der Waals surface area contributed by atoms with E-state index in [1.165, 1.54) is 6.20 Å². The summed E-state index contributed by atoms with van der Waals surface area (Å²) >= 11 is 0. The molecule has 9 nitrogen and oxygen atoms in total. The minimum Gasteiger partial charge on any atom is -0.364 e. The molecule has 1 saturated carbocycles. The van der Waals surface area contributed by atoms with E-state index in [-0.39, 0.29) is 17.5 Å². The predicted octanol–water partition coefficient (Wildman–Crippen LogP) is 3.47. The number of pyridine rings is 1. The molecule has 1 aliphatic rings. The van der Waals surface area contributed by atoms with Crippen LogP contribution in [-0.2, 0) is 6.54 Å². The maximum absolute atomic E-state index is 11.4. The average molecular weight is 407 g/mol. The first-order valence-corrected chi connectivity index (χ1v) is 10.2. The Hall–Kier alpha value is -3.33. The van der Waals surface area contributed by atoms with Crippen molar-refractivity contribution in [1.29, 1.82) is 0 Å². The fraction of sp³-hybridized carbons (Fsp3) is 0.381. The van der Waals surface area contributed by atoms with Crippen molar-refractivity contribution in [2.24, 2.45) is 11.7 Å². The van der Waals surface area contributed by atoms with Crippen LogP contribution in [0, 0.1) is 16.0 Å². The fourth-order valence-corrected chi connectivity index (χ4v) is 3.84. The zero-order valence-electron chi connectivity index (χ0n) is 16.6. The molecule has 0 radical (unpaired) electrons. The number of nitro groups is 1. The van der Waals surface area contributed by atoms with Crippen molar-refractivity contribution in [2.75, 3.05) is 17.2 Å². The minimum absolute atomic E-state index is 0.123. The molecule has 0 unspecified atom stereocenters. The SMILES string of the molecule is NC1CCC(CNc2nc(NCc3ccnc4ccccc34)ncc2[N+](=O)[O-])CC1. The second-order valence-electron chi connectivity index (χ2n) is 7.69. The number of hydrogen-bond acceptors (Lipinski definition) is 8. The van der Waals surface area contributed by atoms with Crippen LogP contribution >= 0.6 is 0 Å². The summed E-state index contributed by atoms with van der Waals surface area (Å²) in [6.07, 6.45) is 7.04. The number of para-hydroxylation sites is 1. The molecule has 4 rings (SSSR count). The third-order valence-electron chi connectivity index (χ3n) is 5.59. The quantitative estimate of drug-likeness (QED) is 0.401. The number of fused-ring (bicyclic) bond motifs is 1. The highest BCUT2D eigenvalue weighted by Crippen LogP contribution is 2.27. The van der Waals surface area contributed by atoms with Crippen molar-refractivity contribution in [3.63, 3.8) is 0 Å². The van der Waals surface area contributed by atoms with Crippen molar-refractivity contribution in [2.45, 2.75) is 38.3 Å². The minimum atomic E-state index is -0.459. The Morgan fingerprint density at radius 2 is 1.90 bits per heavy atom. The molecule has 4 N–H and O–H groups in total. The summed E-state index contributed by atoms with van der Waals surface area (Å²) in [5.41, 5.74) is 7.80. The summed E-state index contributed by atoms with van der Waals surface area (Å²) in [6, 6.07) is 10.1. The highest BCUT2D eigenvalue weighted by Gasteiger charge is 2.21. The van der Waals surface area contributed by atoms with Gasteiger partial charge in [0.05, 0.1) is 10.4 Å². The van der Waals surface area contributed by atoms with Gasteiger partial charge in [-0.05, 0) is 49.3 Å². The zero-order chi connectivity index (χ0) is 20.9. The molecule has 2 heterocycles. The molecule has 1 aromatic carbocycles. The Morgan fingerprint density at radius 1 is 1.10 bits per heavy atom. The number of nitrogens with two attached hydrogens (primary N) is 1. The topological polar surface area (TPSA) is 132 Å². The van der Waals surface area contributed by atoms with E-state index in [4.69, 9.17) is 5.73 Å². The van der Waals surface area contributed by atoms with E-state index >= 15 is 0 Å². The summed E-state index contributed by atoms with van der Waals surface area (Å²) in [6.45, 7) is 1.12. The Bertz CT molecular complexity index is 1030. The zero-order valence-corrected chi connectivity index (χ0v) is 16.6. The number of benzene rings is 1. The molecule has 3 aromatic rings. The van der Waals surface area contributed by atoms with Crippen LogP contribution in [0.1, 0.15) is 31.2 Å². The monoisotopic (exact) mass is 407 g/mol. The standard InChI is InChI=1S/C21H25N7O2/c22-16-7-5-14(6-8-16)11-24-20-19(28(29)30)13-26-21(27-20)25-12-15-9-10-23-18-4-2-1-3-17(15)18/h1-4,9-10,13-14,16H,5-8,11-12,22H2,(H2,24,25,26,27). The molecule has 30 heavy (non-hydrogen) atoms. The van der Waals surface area contributed by atoms with Crippen LogP contribution in [0.3, 0.4) is 0 Å². The van der Waals surface area contributed by atoms with Gasteiger partial charge < -0.3 is 16.4 Å². The smallest absolute Gasteiger partial charge is 0.329 e. The Balaban J connectivity index is 1.47. The second kappa shape index (κ2) is 9.00. The largest absolute Gasteiger partial charge is 0.364 e. The maximum atomic E-state index is 11.4. The second-order valence-corrected chi connectivity index (χ2v) is 7.69. The number of nitrogens with zero attached hydrogens (tertiary/aromatic N) is 4. The maximum Gasteiger partial charge on any atom is 0.329 e. The Kier molecular flexibility index (Phi) is 5.99. The molecule has 0 aliphatic heterocycles. The van der Waals surface area contributed by atoms with Gasteiger partial charge in [-0.3, -0.25) is 15.1 Å². The van der Waals surface area contributed by atoms with Gasteiger partial charge >= 0.3 is 5.69 Å². The van der Waals surface area contributed by atoms with Gasteiger partial charge in [0.25, 0.3) is 0 Å². The lowest BCUT2D eigenvalue weighted by molar-refractivity contribution is -0.384. The molecule has 1 aliphatic carbocycles. The molecule has 0 amide bonds. The van der Waals surface area contributed by atoms with Gasteiger partial charge in [0, 0.05) is 30.7 Å².